The normalized spacial score (nSPS) is 23.2. The number of hydrogen-bond donors (Lipinski definition) is 1. The van der Waals surface area contributed by atoms with Crippen LogP contribution in [0, 0.1) is 11.8 Å². The Morgan fingerprint density at radius 3 is 2.44 bits per heavy atom. The van der Waals surface area contributed by atoms with Crippen molar-refractivity contribution in [1.29, 1.82) is 0 Å². The lowest BCUT2D eigenvalue weighted by atomic mass is 10.0. The van der Waals surface area contributed by atoms with Crippen LogP contribution in [0.3, 0.4) is 0 Å². The molecule has 1 fully saturated rings. The molecule has 1 saturated heterocycles. The molecule has 0 aromatic rings. The quantitative estimate of drug-likeness (QED) is 0.713. The minimum atomic E-state index is 0.674. The summed E-state index contributed by atoms with van der Waals surface area (Å²) in [6.07, 6.45) is 5.45. The number of likely N-dealkylation sites (tertiary alicyclic amines) is 1. The molecular formula is C16H34N2. The average Bonchev–Trinajstić information content (AvgIpc) is 2.74. The van der Waals surface area contributed by atoms with Crippen LogP contribution in [0.15, 0.2) is 0 Å². The van der Waals surface area contributed by atoms with Gasteiger partial charge in [-0.2, -0.15) is 0 Å². The first-order valence-electron chi connectivity index (χ1n) is 7.98. The summed E-state index contributed by atoms with van der Waals surface area (Å²) in [5, 5.41) is 3.68. The van der Waals surface area contributed by atoms with Gasteiger partial charge in [-0.1, -0.05) is 27.7 Å². The van der Waals surface area contributed by atoms with Gasteiger partial charge in [0, 0.05) is 25.2 Å². The summed E-state index contributed by atoms with van der Waals surface area (Å²) in [5.41, 5.74) is 0. The van der Waals surface area contributed by atoms with Crippen LogP contribution in [0.4, 0.5) is 0 Å². The topological polar surface area (TPSA) is 15.3 Å². The van der Waals surface area contributed by atoms with E-state index in [1.807, 2.05) is 0 Å². The molecule has 0 aromatic carbocycles. The third-order valence-corrected chi connectivity index (χ3v) is 4.25. The SMILES string of the molecule is CC(C)CCC(C)NCCN1CCCC1C(C)C. The van der Waals surface area contributed by atoms with Gasteiger partial charge in [-0.15, -0.1) is 0 Å². The van der Waals surface area contributed by atoms with Crippen molar-refractivity contribution in [3.63, 3.8) is 0 Å². The summed E-state index contributed by atoms with van der Waals surface area (Å²) in [4.78, 5) is 2.69. The van der Waals surface area contributed by atoms with E-state index in [0.29, 0.717) is 6.04 Å². The van der Waals surface area contributed by atoms with Gasteiger partial charge in [-0.3, -0.25) is 4.90 Å². The second-order valence-corrected chi connectivity index (χ2v) is 6.82. The van der Waals surface area contributed by atoms with Crippen molar-refractivity contribution in [1.82, 2.24) is 10.2 Å². The molecule has 2 unspecified atom stereocenters. The highest BCUT2D eigenvalue weighted by molar-refractivity contribution is 4.81. The molecule has 1 N–H and O–H groups in total. The highest BCUT2D eigenvalue weighted by Crippen LogP contribution is 2.22. The average molecular weight is 254 g/mol. The monoisotopic (exact) mass is 254 g/mol. The predicted octanol–water partition coefficient (Wildman–Crippen LogP) is 3.52. The molecule has 108 valence electrons. The Balaban J connectivity index is 2.13. The van der Waals surface area contributed by atoms with Crippen LogP contribution in [0.2, 0.25) is 0 Å². The Labute approximate surface area is 115 Å². The highest BCUT2D eigenvalue weighted by Gasteiger charge is 2.26. The van der Waals surface area contributed by atoms with E-state index in [1.165, 1.54) is 38.8 Å². The molecule has 2 heteroatoms. The van der Waals surface area contributed by atoms with E-state index >= 15 is 0 Å². The maximum Gasteiger partial charge on any atom is 0.0119 e. The molecule has 2 nitrogen and oxygen atoms in total. The van der Waals surface area contributed by atoms with E-state index in [1.54, 1.807) is 0 Å². The molecule has 0 aromatic heterocycles. The molecule has 0 amide bonds. The first kappa shape index (κ1) is 16.0. The maximum absolute atomic E-state index is 3.68. The van der Waals surface area contributed by atoms with Crippen molar-refractivity contribution in [2.75, 3.05) is 19.6 Å². The molecule has 1 aliphatic rings. The lowest BCUT2D eigenvalue weighted by molar-refractivity contribution is 0.204. The fraction of sp³-hybridized carbons (Fsp3) is 1.00. The Morgan fingerprint density at radius 1 is 1.11 bits per heavy atom. The van der Waals surface area contributed by atoms with E-state index in [-0.39, 0.29) is 0 Å². The molecule has 1 rings (SSSR count). The second-order valence-electron chi connectivity index (χ2n) is 6.82. The summed E-state index contributed by atoms with van der Waals surface area (Å²) in [6.45, 7) is 15.4. The number of rotatable bonds is 8. The van der Waals surface area contributed by atoms with E-state index in [0.717, 1.165) is 24.4 Å². The molecule has 0 radical (unpaired) electrons. The number of hydrogen-bond acceptors (Lipinski definition) is 2. The smallest absolute Gasteiger partial charge is 0.0119 e. The van der Waals surface area contributed by atoms with Gasteiger partial charge in [0.15, 0.2) is 0 Å². The van der Waals surface area contributed by atoms with Crippen LogP contribution in [0.5, 0.6) is 0 Å². The fourth-order valence-corrected chi connectivity index (χ4v) is 3.02. The van der Waals surface area contributed by atoms with Crippen LogP contribution in [0.1, 0.15) is 60.3 Å². The third kappa shape index (κ3) is 5.71. The van der Waals surface area contributed by atoms with E-state index in [9.17, 15) is 0 Å². The molecular weight excluding hydrogens is 220 g/mol. The van der Waals surface area contributed by atoms with E-state index in [2.05, 4.69) is 44.8 Å². The fourth-order valence-electron chi connectivity index (χ4n) is 3.02. The summed E-state index contributed by atoms with van der Waals surface area (Å²) >= 11 is 0. The molecule has 0 aliphatic carbocycles. The zero-order chi connectivity index (χ0) is 13.5. The molecule has 1 heterocycles. The Kier molecular flexibility index (Phi) is 7.25. The molecule has 2 atom stereocenters. The molecule has 0 saturated carbocycles. The lowest BCUT2D eigenvalue weighted by Gasteiger charge is -2.28. The van der Waals surface area contributed by atoms with Crippen LogP contribution in [0.25, 0.3) is 0 Å². The number of nitrogens with one attached hydrogen (secondary N) is 1. The van der Waals surface area contributed by atoms with Crippen molar-refractivity contribution in [2.45, 2.75) is 72.4 Å². The number of nitrogens with zero attached hydrogens (tertiary/aromatic N) is 1. The van der Waals surface area contributed by atoms with Crippen molar-refractivity contribution < 1.29 is 0 Å². The lowest BCUT2D eigenvalue weighted by Crippen LogP contribution is -2.40. The van der Waals surface area contributed by atoms with Crippen molar-refractivity contribution >= 4 is 0 Å². The molecule has 1 aliphatic heterocycles. The Hall–Kier alpha value is -0.0800. The zero-order valence-electron chi connectivity index (χ0n) is 13.2. The van der Waals surface area contributed by atoms with Crippen LogP contribution >= 0.6 is 0 Å². The largest absolute Gasteiger partial charge is 0.313 e. The van der Waals surface area contributed by atoms with Gasteiger partial charge in [0.1, 0.15) is 0 Å². The molecule has 18 heavy (non-hydrogen) atoms. The Bertz CT molecular complexity index is 213. The molecule has 0 spiro atoms. The van der Waals surface area contributed by atoms with Gasteiger partial charge in [0.2, 0.25) is 0 Å². The minimum absolute atomic E-state index is 0.674. The van der Waals surface area contributed by atoms with E-state index in [4.69, 9.17) is 0 Å². The molecule has 0 bridgehead atoms. The van der Waals surface area contributed by atoms with Crippen LogP contribution < -0.4 is 5.32 Å². The third-order valence-electron chi connectivity index (χ3n) is 4.25. The van der Waals surface area contributed by atoms with Gasteiger partial charge in [0.05, 0.1) is 0 Å². The van der Waals surface area contributed by atoms with E-state index < -0.39 is 0 Å². The summed E-state index contributed by atoms with van der Waals surface area (Å²) < 4.78 is 0. The van der Waals surface area contributed by atoms with Crippen LogP contribution in [-0.4, -0.2) is 36.6 Å². The predicted molar refractivity (Wildman–Crippen MR) is 81.0 cm³/mol. The van der Waals surface area contributed by atoms with Crippen molar-refractivity contribution in [2.24, 2.45) is 11.8 Å². The van der Waals surface area contributed by atoms with Crippen molar-refractivity contribution in [3.8, 4) is 0 Å². The van der Waals surface area contributed by atoms with Gasteiger partial charge in [-0.05, 0) is 51.0 Å². The first-order valence-corrected chi connectivity index (χ1v) is 7.98. The van der Waals surface area contributed by atoms with Crippen molar-refractivity contribution in [3.05, 3.63) is 0 Å². The standard InChI is InChI=1S/C16H34N2/c1-13(2)8-9-15(5)17-10-12-18-11-6-7-16(18)14(3)4/h13-17H,6-12H2,1-5H3. The zero-order valence-corrected chi connectivity index (χ0v) is 13.2. The summed E-state index contributed by atoms with van der Waals surface area (Å²) in [5.74, 6) is 1.64. The minimum Gasteiger partial charge on any atom is -0.313 e. The first-order chi connectivity index (χ1) is 8.50. The van der Waals surface area contributed by atoms with Gasteiger partial charge in [0.25, 0.3) is 0 Å². The summed E-state index contributed by atoms with van der Waals surface area (Å²) in [6, 6.07) is 1.50. The summed E-state index contributed by atoms with van der Waals surface area (Å²) in [7, 11) is 0. The second kappa shape index (κ2) is 8.16. The Morgan fingerprint density at radius 2 is 1.83 bits per heavy atom. The maximum atomic E-state index is 3.68. The highest BCUT2D eigenvalue weighted by atomic mass is 15.2. The van der Waals surface area contributed by atoms with Gasteiger partial charge in [-0.25, -0.2) is 0 Å². The van der Waals surface area contributed by atoms with Gasteiger partial charge < -0.3 is 5.32 Å². The van der Waals surface area contributed by atoms with Gasteiger partial charge >= 0.3 is 0 Å². The van der Waals surface area contributed by atoms with Crippen LogP contribution in [-0.2, 0) is 0 Å².